The number of benzene rings is 2. The number of pyridine rings is 1. The standard InChI is InChI=1S/C29H28N4O5/c1-18(19-7-5-4-6-8-19)38-28(36)32-26-23(17-31-33(26)2)22-11-9-20(15-25(22)37-3)24-12-10-21(16-30-24)29(13-14-29)27(34)35/h4-12,15-18H,13-14H2,1-3H3,(H,32,36)(H,34,35)/i1D3,18D. The molecule has 1 atom stereocenters. The minimum Gasteiger partial charge on any atom is -0.496 e. The van der Waals surface area contributed by atoms with E-state index in [4.69, 9.17) is 15.0 Å². The van der Waals surface area contributed by atoms with Crippen LogP contribution in [0, 0.1) is 0 Å². The summed E-state index contributed by atoms with van der Waals surface area (Å²) in [5.74, 6) is -0.216. The summed E-state index contributed by atoms with van der Waals surface area (Å²) < 4.78 is 44.4. The molecule has 1 unspecified atom stereocenters. The molecule has 0 radical (unpaired) electrons. The van der Waals surface area contributed by atoms with Gasteiger partial charge in [-0.2, -0.15) is 5.10 Å². The van der Waals surface area contributed by atoms with Crippen LogP contribution in [0.25, 0.3) is 22.4 Å². The molecule has 4 aromatic rings. The number of amides is 1. The average Bonchev–Trinajstić information content (AvgIpc) is 3.72. The van der Waals surface area contributed by atoms with Crippen LogP contribution in [0.4, 0.5) is 10.6 Å². The van der Waals surface area contributed by atoms with Gasteiger partial charge < -0.3 is 14.6 Å². The van der Waals surface area contributed by atoms with E-state index in [9.17, 15) is 14.7 Å². The second-order valence-electron chi connectivity index (χ2n) is 8.97. The number of ether oxygens (including phenoxy) is 2. The van der Waals surface area contributed by atoms with Crippen LogP contribution in [0.1, 0.15) is 42.4 Å². The van der Waals surface area contributed by atoms with Crippen LogP contribution in [-0.2, 0) is 22.0 Å². The number of nitrogens with one attached hydrogen (secondary N) is 1. The predicted octanol–water partition coefficient (Wildman–Crippen LogP) is 5.58. The summed E-state index contributed by atoms with van der Waals surface area (Å²) in [7, 11) is 3.08. The van der Waals surface area contributed by atoms with Crippen molar-refractivity contribution in [3.05, 3.63) is 84.2 Å². The van der Waals surface area contributed by atoms with E-state index in [1.165, 1.54) is 30.1 Å². The zero-order chi connectivity index (χ0) is 30.3. The van der Waals surface area contributed by atoms with E-state index in [0.29, 0.717) is 41.0 Å². The molecule has 0 saturated heterocycles. The first-order valence-corrected chi connectivity index (χ1v) is 11.9. The van der Waals surface area contributed by atoms with Crippen LogP contribution in [0.5, 0.6) is 5.75 Å². The van der Waals surface area contributed by atoms with Gasteiger partial charge in [0.25, 0.3) is 0 Å². The molecule has 1 aliphatic carbocycles. The molecule has 9 nitrogen and oxygen atoms in total. The fourth-order valence-electron chi connectivity index (χ4n) is 4.32. The lowest BCUT2D eigenvalue weighted by Crippen LogP contribution is -2.19. The zero-order valence-electron chi connectivity index (χ0n) is 24.8. The predicted molar refractivity (Wildman–Crippen MR) is 142 cm³/mol. The number of hydrogen-bond donors (Lipinski definition) is 2. The maximum atomic E-state index is 13.0. The van der Waals surface area contributed by atoms with Gasteiger partial charge in [-0.05, 0) is 49.0 Å². The molecule has 5 rings (SSSR count). The van der Waals surface area contributed by atoms with Gasteiger partial charge in [0, 0.05) is 34.0 Å². The maximum absolute atomic E-state index is 13.0. The second kappa shape index (κ2) is 10.0. The van der Waals surface area contributed by atoms with Gasteiger partial charge in [0.15, 0.2) is 0 Å². The molecular weight excluding hydrogens is 484 g/mol. The Balaban J connectivity index is 1.41. The number of aromatic nitrogens is 3. The Hall–Kier alpha value is -4.66. The number of carboxylic acids is 1. The summed E-state index contributed by atoms with van der Waals surface area (Å²) in [6.07, 6.45) is 0.480. The van der Waals surface area contributed by atoms with Crippen molar-refractivity contribution in [2.75, 3.05) is 12.4 Å². The molecule has 2 aromatic heterocycles. The molecule has 9 heteroatoms. The van der Waals surface area contributed by atoms with Gasteiger partial charge in [0.05, 0.1) is 25.8 Å². The van der Waals surface area contributed by atoms with Gasteiger partial charge >= 0.3 is 12.1 Å². The van der Waals surface area contributed by atoms with Crippen LogP contribution in [0.15, 0.2) is 73.1 Å². The Morgan fingerprint density at radius 1 is 1.13 bits per heavy atom. The quantitative estimate of drug-likeness (QED) is 0.314. The van der Waals surface area contributed by atoms with E-state index in [-0.39, 0.29) is 11.4 Å². The third kappa shape index (κ3) is 4.70. The second-order valence-corrected chi connectivity index (χ2v) is 8.97. The van der Waals surface area contributed by atoms with Crippen molar-refractivity contribution in [3.8, 4) is 28.1 Å². The highest BCUT2D eigenvalue weighted by Crippen LogP contribution is 2.48. The van der Waals surface area contributed by atoms with Gasteiger partial charge in [0.1, 0.15) is 17.6 Å². The highest BCUT2D eigenvalue weighted by molar-refractivity contribution is 5.91. The van der Waals surface area contributed by atoms with Crippen molar-refractivity contribution in [1.82, 2.24) is 14.8 Å². The third-order valence-corrected chi connectivity index (χ3v) is 6.65. The third-order valence-electron chi connectivity index (χ3n) is 6.65. The Bertz CT molecular complexity index is 1640. The number of methoxy groups -OCH3 is 1. The van der Waals surface area contributed by atoms with Crippen LogP contribution >= 0.6 is 0 Å². The maximum Gasteiger partial charge on any atom is 0.413 e. The minimum atomic E-state index is -2.97. The lowest BCUT2D eigenvalue weighted by atomic mass is 9.97. The van der Waals surface area contributed by atoms with Gasteiger partial charge in [-0.15, -0.1) is 0 Å². The lowest BCUT2D eigenvalue weighted by molar-refractivity contribution is -0.140. The number of carbonyl (C=O) groups excluding carboxylic acids is 1. The van der Waals surface area contributed by atoms with E-state index in [0.717, 1.165) is 5.56 Å². The SMILES string of the molecule is [2H]C([2H])([2H])C([2H])(OC(=O)Nc1c(-c2ccc(-c3ccc(C4(C(=O)O)CC4)cn3)cc2OC)cnn1C)c1ccccc1. The Kier molecular flexibility index (Phi) is 5.37. The largest absolute Gasteiger partial charge is 0.496 e. The molecular formula is C29H28N4O5. The number of carbonyl (C=O) groups is 2. The molecule has 1 fully saturated rings. The summed E-state index contributed by atoms with van der Waals surface area (Å²) in [5, 5.41) is 16.3. The first-order chi connectivity index (χ1) is 19.9. The summed E-state index contributed by atoms with van der Waals surface area (Å²) >= 11 is 0. The summed E-state index contributed by atoms with van der Waals surface area (Å²) in [6, 6.07) is 16.5. The van der Waals surface area contributed by atoms with Crippen molar-refractivity contribution in [3.63, 3.8) is 0 Å². The number of anilines is 1. The summed E-state index contributed by atoms with van der Waals surface area (Å²) in [6.45, 7) is -2.97. The topological polar surface area (TPSA) is 116 Å². The van der Waals surface area contributed by atoms with Crippen molar-refractivity contribution in [2.24, 2.45) is 7.05 Å². The highest BCUT2D eigenvalue weighted by atomic mass is 16.6. The van der Waals surface area contributed by atoms with Crippen molar-refractivity contribution < 1.29 is 29.7 Å². The van der Waals surface area contributed by atoms with E-state index >= 15 is 0 Å². The molecule has 0 aliphatic heterocycles. The smallest absolute Gasteiger partial charge is 0.413 e. The zero-order valence-corrected chi connectivity index (χ0v) is 20.8. The van der Waals surface area contributed by atoms with Crippen molar-refractivity contribution >= 4 is 17.9 Å². The number of nitrogens with zero attached hydrogens (tertiary/aromatic N) is 3. The van der Waals surface area contributed by atoms with Gasteiger partial charge in [-0.3, -0.25) is 19.8 Å². The number of aliphatic carboxylic acids is 1. The average molecular weight is 517 g/mol. The summed E-state index contributed by atoms with van der Waals surface area (Å²) in [5.41, 5.74) is 2.20. The van der Waals surface area contributed by atoms with Gasteiger partial charge in [-0.25, -0.2) is 4.79 Å². The molecule has 1 saturated carbocycles. The number of rotatable bonds is 8. The van der Waals surface area contributed by atoms with Gasteiger partial charge in [0.2, 0.25) is 0 Å². The molecule has 1 amide bonds. The molecule has 38 heavy (non-hydrogen) atoms. The Morgan fingerprint density at radius 3 is 2.55 bits per heavy atom. The van der Waals surface area contributed by atoms with E-state index in [2.05, 4.69) is 15.4 Å². The molecule has 2 heterocycles. The van der Waals surface area contributed by atoms with E-state index < -0.39 is 30.4 Å². The van der Waals surface area contributed by atoms with Crippen LogP contribution in [0.3, 0.4) is 0 Å². The molecule has 2 aromatic carbocycles. The van der Waals surface area contributed by atoms with E-state index in [1.54, 1.807) is 61.8 Å². The molecule has 0 spiro atoms. The van der Waals surface area contributed by atoms with Crippen molar-refractivity contribution in [1.29, 1.82) is 0 Å². The normalized spacial score (nSPS) is 17.1. The Morgan fingerprint density at radius 2 is 1.92 bits per heavy atom. The van der Waals surface area contributed by atoms with E-state index in [1.807, 2.05) is 0 Å². The highest BCUT2D eigenvalue weighted by Gasteiger charge is 2.51. The fourth-order valence-corrected chi connectivity index (χ4v) is 4.32. The first kappa shape index (κ1) is 20.4. The van der Waals surface area contributed by atoms with Gasteiger partial charge in [-0.1, -0.05) is 42.5 Å². The molecule has 1 aliphatic rings. The van der Waals surface area contributed by atoms with Crippen molar-refractivity contribution in [2.45, 2.75) is 31.2 Å². The monoisotopic (exact) mass is 516 g/mol. The van der Waals surface area contributed by atoms with Crippen LogP contribution in [0.2, 0.25) is 0 Å². The van der Waals surface area contributed by atoms with Crippen LogP contribution in [-0.4, -0.2) is 39.0 Å². The number of aryl methyl sites for hydroxylation is 1. The number of carboxylic acid groups (broad SMARTS) is 1. The first-order valence-electron chi connectivity index (χ1n) is 13.9. The molecule has 194 valence electrons. The number of hydrogen-bond acceptors (Lipinski definition) is 6. The summed E-state index contributed by atoms with van der Waals surface area (Å²) in [4.78, 5) is 29.1. The Labute approximate surface area is 225 Å². The minimum absolute atomic E-state index is 0.000426. The lowest BCUT2D eigenvalue weighted by Gasteiger charge is -2.16. The fraction of sp³-hybridized carbons (Fsp3) is 0.241. The molecule has 2 N–H and O–H groups in total. The van der Waals surface area contributed by atoms with Crippen LogP contribution < -0.4 is 10.1 Å². The molecule has 0 bridgehead atoms.